The number of phenols is 1. The minimum Gasteiger partial charge on any atom is -0.508 e. The normalized spacial score (nSPS) is 12.0. The van der Waals surface area contributed by atoms with E-state index in [0.29, 0.717) is 5.56 Å². The van der Waals surface area contributed by atoms with Crippen molar-refractivity contribution in [3.63, 3.8) is 0 Å². The number of phenolic OH excluding ortho intramolecular Hbond substituents is 1. The maximum atomic E-state index is 13.8. The second kappa shape index (κ2) is 5.83. The quantitative estimate of drug-likeness (QED) is 0.809. The number of nitrogens with one attached hydrogen (secondary N) is 1. The van der Waals surface area contributed by atoms with Gasteiger partial charge in [-0.1, -0.05) is 12.1 Å². The molecule has 0 saturated heterocycles. The molecule has 2 rings (SSSR count). The molecule has 0 spiro atoms. The number of rotatable bonds is 4. The van der Waals surface area contributed by atoms with Crippen LogP contribution in [0.1, 0.15) is 34.5 Å². The predicted molar refractivity (Wildman–Crippen MR) is 79.8 cm³/mol. The number of carbonyl (C=O) groups excluding carboxylic acids is 1. The van der Waals surface area contributed by atoms with Crippen LogP contribution in [-0.4, -0.2) is 11.0 Å². The van der Waals surface area contributed by atoms with E-state index >= 15 is 0 Å². The highest BCUT2D eigenvalue weighted by atomic mass is 19.1. The Morgan fingerprint density at radius 2 is 2.00 bits per heavy atom. The van der Waals surface area contributed by atoms with Gasteiger partial charge in [-0.05, 0) is 43.7 Å². The molecule has 5 heteroatoms. The number of amides is 1. The Morgan fingerprint density at radius 3 is 2.62 bits per heavy atom. The van der Waals surface area contributed by atoms with Crippen LogP contribution in [-0.2, 0) is 0 Å². The van der Waals surface area contributed by atoms with Crippen LogP contribution in [0.25, 0.3) is 0 Å². The van der Waals surface area contributed by atoms with Gasteiger partial charge in [0.25, 0.3) is 0 Å². The first-order valence-corrected chi connectivity index (χ1v) is 6.54. The number of hydrogen-bond acceptors (Lipinski definition) is 3. The monoisotopic (exact) mass is 288 g/mol. The number of benzene rings is 2. The lowest BCUT2D eigenvalue weighted by molar-refractivity contribution is 0.100. The molecule has 0 aliphatic heterocycles. The van der Waals surface area contributed by atoms with E-state index in [4.69, 9.17) is 5.73 Å². The van der Waals surface area contributed by atoms with Crippen molar-refractivity contribution >= 4 is 11.6 Å². The summed E-state index contributed by atoms with van der Waals surface area (Å²) >= 11 is 0. The van der Waals surface area contributed by atoms with Crippen LogP contribution in [0.4, 0.5) is 10.1 Å². The summed E-state index contributed by atoms with van der Waals surface area (Å²) in [4.78, 5) is 11.1. The Balaban J connectivity index is 2.28. The smallest absolute Gasteiger partial charge is 0.248 e. The van der Waals surface area contributed by atoms with Crippen molar-refractivity contribution in [3.8, 4) is 5.75 Å². The molecule has 0 aliphatic carbocycles. The van der Waals surface area contributed by atoms with E-state index in [2.05, 4.69) is 5.32 Å². The first-order valence-electron chi connectivity index (χ1n) is 6.54. The molecular formula is C16H17FN2O2. The number of primary amides is 1. The fourth-order valence-electron chi connectivity index (χ4n) is 2.12. The highest BCUT2D eigenvalue weighted by Crippen LogP contribution is 2.29. The maximum absolute atomic E-state index is 13.8. The van der Waals surface area contributed by atoms with Crippen LogP contribution in [0.15, 0.2) is 36.4 Å². The molecule has 0 bridgehead atoms. The molecule has 2 aromatic carbocycles. The van der Waals surface area contributed by atoms with E-state index in [-0.39, 0.29) is 23.0 Å². The number of carbonyl (C=O) groups is 1. The van der Waals surface area contributed by atoms with E-state index in [9.17, 15) is 14.3 Å². The van der Waals surface area contributed by atoms with Gasteiger partial charge in [-0.25, -0.2) is 4.39 Å². The number of aromatic hydroxyl groups is 1. The summed E-state index contributed by atoms with van der Waals surface area (Å²) in [6.07, 6.45) is 0. The molecule has 21 heavy (non-hydrogen) atoms. The number of nitrogens with two attached hydrogens (primary N) is 1. The predicted octanol–water partition coefficient (Wildman–Crippen LogP) is 3.11. The first kappa shape index (κ1) is 14.8. The molecule has 1 unspecified atom stereocenters. The molecule has 0 saturated carbocycles. The van der Waals surface area contributed by atoms with Crippen LogP contribution in [0, 0.1) is 12.7 Å². The van der Waals surface area contributed by atoms with Gasteiger partial charge >= 0.3 is 0 Å². The Labute approximate surface area is 122 Å². The first-order chi connectivity index (χ1) is 9.88. The van der Waals surface area contributed by atoms with Crippen molar-refractivity contribution in [1.29, 1.82) is 0 Å². The largest absolute Gasteiger partial charge is 0.508 e. The van der Waals surface area contributed by atoms with Crippen molar-refractivity contribution in [2.75, 3.05) is 5.32 Å². The third-order valence-electron chi connectivity index (χ3n) is 3.28. The SMILES string of the molecule is Cc1ccc(C(C)Nc2cc(C(N)=O)ccc2F)c(O)c1. The van der Waals surface area contributed by atoms with Crippen LogP contribution < -0.4 is 11.1 Å². The topological polar surface area (TPSA) is 75.3 Å². The minimum absolute atomic E-state index is 0.140. The van der Waals surface area contributed by atoms with Gasteiger partial charge in [0.15, 0.2) is 0 Å². The fourth-order valence-corrected chi connectivity index (χ4v) is 2.12. The Morgan fingerprint density at radius 1 is 1.29 bits per heavy atom. The van der Waals surface area contributed by atoms with Crippen LogP contribution in [0.2, 0.25) is 0 Å². The summed E-state index contributed by atoms with van der Waals surface area (Å²) in [7, 11) is 0. The molecule has 1 amide bonds. The average molecular weight is 288 g/mol. The molecule has 4 N–H and O–H groups in total. The van der Waals surface area contributed by atoms with Crippen molar-refractivity contribution in [1.82, 2.24) is 0 Å². The molecule has 0 aliphatic rings. The van der Waals surface area contributed by atoms with E-state index in [1.807, 2.05) is 13.0 Å². The Kier molecular flexibility index (Phi) is 4.12. The Bertz CT molecular complexity index is 686. The van der Waals surface area contributed by atoms with E-state index in [1.165, 1.54) is 18.2 Å². The number of hydrogen-bond donors (Lipinski definition) is 3. The standard InChI is InChI=1S/C16H17FN2O2/c1-9-3-5-12(15(20)7-9)10(2)19-14-8-11(16(18)21)4-6-13(14)17/h3-8,10,19-20H,1-2H3,(H2,18,21). The lowest BCUT2D eigenvalue weighted by Gasteiger charge is -2.18. The van der Waals surface area contributed by atoms with Crippen LogP contribution in [0.5, 0.6) is 5.75 Å². The van der Waals surface area contributed by atoms with Gasteiger partial charge < -0.3 is 16.2 Å². The zero-order chi connectivity index (χ0) is 15.6. The molecule has 1 atom stereocenters. The number of aryl methyl sites for hydroxylation is 1. The van der Waals surface area contributed by atoms with Crippen LogP contribution >= 0.6 is 0 Å². The van der Waals surface area contributed by atoms with Crippen molar-refractivity contribution < 1.29 is 14.3 Å². The number of anilines is 1. The van der Waals surface area contributed by atoms with Crippen molar-refractivity contribution in [2.45, 2.75) is 19.9 Å². The summed E-state index contributed by atoms with van der Waals surface area (Å²) in [5.41, 5.74) is 7.15. The number of halogens is 1. The lowest BCUT2D eigenvalue weighted by Crippen LogP contribution is -2.13. The van der Waals surface area contributed by atoms with Crippen molar-refractivity contribution in [2.24, 2.45) is 5.73 Å². The average Bonchev–Trinajstić information content (AvgIpc) is 2.40. The lowest BCUT2D eigenvalue weighted by atomic mass is 10.0. The van der Waals surface area contributed by atoms with Gasteiger partial charge in [0.1, 0.15) is 11.6 Å². The third-order valence-corrected chi connectivity index (χ3v) is 3.28. The Hall–Kier alpha value is -2.56. The maximum Gasteiger partial charge on any atom is 0.248 e. The fraction of sp³-hybridized carbons (Fsp3) is 0.188. The van der Waals surface area contributed by atoms with Gasteiger partial charge in [-0.3, -0.25) is 4.79 Å². The third kappa shape index (κ3) is 3.31. The molecule has 4 nitrogen and oxygen atoms in total. The van der Waals surface area contributed by atoms with Crippen LogP contribution in [0.3, 0.4) is 0 Å². The van der Waals surface area contributed by atoms with Gasteiger partial charge in [-0.15, -0.1) is 0 Å². The second-order valence-electron chi connectivity index (χ2n) is 4.99. The van der Waals surface area contributed by atoms with E-state index in [0.717, 1.165) is 5.56 Å². The van der Waals surface area contributed by atoms with Gasteiger partial charge in [0.05, 0.1) is 11.7 Å². The highest BCUT2D eigenvalue weighted by molar-refractivity contribution is 5.93. The minimum atomic E-state index is -0.621. The van der Waals surface area contributed by atoms with E-state index in [1.54, 1.807) is 19.1 Å². The summed E-state index contributed by atoms with van der Waals surface area (Å²) in [5.74, 6) is -0.969. The summed E-state index contributed by atoms with van der Waals surface area (Å²) in [6, 6.07) is 8.83. The van der Waals surface area contributed by atoms with Crippen molar-refractivity contribution in [3.05, 3.63) is 58.9 Å². The van der Waals surface area contributed by atoms with Gasteiger partial charge in [-0.2, -0.15) is 0 Å². The zero-order valence-electron chi connectivity index (χ0n) is 11.9. The zero-order valence-corrected chi connectivity index (χ0v) is 11.9. The molecule has 2 aromatic rings. The highest BCUT2D eigenvalue weighted by Gasteiger charge is 2.13. The van der Waals surface area contributed by atoms with Gasteiger partial charge in [0, 0.05) is 11.1 Å². The molecule has 0 radical (unpaired) electrons. The van der Waals surface area contributed by atoms with E-state index < -0.39 is 11.7 Å². The van der Waals surface area contributed by atoms with Gasteiger partial charge in [0.2, 0.25) is 5.91 Å². The summed E-state index contributed by atoms with van der Waals surface area (Å²) in [5, 5.41) is 12.9. The molecule has 0 aromatic heterocycles. The molecule has 110 valence electrons. The molecule has 0 heterocycles. The summed E-state index contributed by atoms with van der Waals surface area (Å²) in [6.45, 7) is 3.67. The second-order valence-corrected chi connectivity index (χ2v) is 4.99. The molecule has 0 fully saturated rings. The summed E-state index contributed by atoms with van der Waals surface area (Å²) < 4.78 is 13.8. The molecular weight excluding hydrogens is 271 g/mol.